The molecule has 0 aliphatic carbocycles. The van der Waals surface area contributed by atoms with E-state index < -0.39 is 6.04 Å². The zero-order chi connectivity index (χ0) is 25.6. The molecular formula is C31H38N2O3. The number of rotatable bonds is 14. The van der Waals surface area contributed by atoms with Crippen LogP contribution >= 0.6 is 0 Å². The van der Waals surface area contributed by atoms with Gasteiger partial charge in [0.1, 0.15) is 11.8 Å². The number of nitrogens with one attached hydrogen (secondary N) is 1. The first kappa shape index (κ1) is 27.0. The van der Waals surface area contributed by atoms with Crippen LogP contribution in [0.2, 0.25) is 0 Å². The molecule has 0 radical (unpaired) electrons. The number of ether oxygens (including phenoxy) is 1. The molecule has 3 rings (SSSR count). The van der Waals surface area contributed by atoms with Crippen LogP contribution in [-0.4, -0.2) is 35.9 Å². The number of nitrogens with zero attached hydrogens (tertiary/aromatic N) is 1. The monoisotopic (exact) mass is 486 g/mol. The lowest BCUT2D eigenvalue weighted by atomic mass is 10.0. The van der Waals surface area contributed by atoms with E-state index in [1.807, 2.05) is 85.8 Å². The first-order valence-corrected chi connectivity index (χ1v) is 12.9. The number of unbranched alkanes of at least 4 members (excludes halogenated alkanes) is 1. The lowest BCUT2D eigenvalue weighted by molar-refractivity contribution is -0.141. The van der Waals surface area contributed by atoms with E-state index in [4.69, 9.17) is 4.74 Å². The summed E-state index contributed by atoms with van der Waals surface area (Å²) < 4.78 is 5.79. The topological polar surface area (TPSA) is 58.6 Å². The Morgan fingerprint density at radius 3 is 2.28 bits per heavy atom. The number of carbonyl (C=O) groups is 2. The summed E-state index contributed by atoms with van der Waals surface area (Å²) in [5.41, 5.74) is 3.18. The molecule has 0 spiro atoms. The van der Waals surface area contributed by atoms with Crippen LogP contribution in [0.4, 0.5) is 0 Å². The van der Waals surface area contributed by atoms with Crippen molar-refractivity contribution in [3.63, 3.8) is 0 Å². The van der Waals surface area contributed by atoms with Gasteiger partial charge in [-0.15, -0.1) is 0 Å². The average Bonchev–Trinajstić information content (AvgIpc) is 2.90. The molecular weight excluding hydrogens is 448 g/mol. The van der Waals surface area contributed by atoms with Crippen LogP contribution in [0.1, 0.15) is 49.3 Å². The molecule has 0 fully saturated rings. The van der Waals surface area contributed by atoms with E-state index in [1.165, 1.54) is 0 Å². The highest BCUT2D eigenvalue weighted by Crippen LogP contribution is 2.18. The van der Waals surface area contributed by atoms with Crippen LogP contribution in [0.5, 0.6) is 5.75 Å². The Morgan fingerprint density at radius 1 is 0.889 bits per heavy atom. The molecule has 0 aliphatic heterocycles. The number of benzene rings is 3. The largest absolute Gasteiger partial charge is 0.494 e. The number of hydrogen-bond acceptors (Lipinski definition) is 3. The third kappa shape index (κ3) is 8.88. The fraction of sp³-hybridized carbons (Fsp3) is 0.355. The number of para-hydroxylation sites is 1. The average molecular weight is 487 g/mol. The predicted molar refractivity (Wildman–Crippen MR) is 145 cm³/mol. The van der Waals surface area contributed by atoms with Crippen molar-refractivity contribution in [2.24, 2.45) is 0 Å². The van der Waals surface area contributed by atoms with Gasteiger partial charge < -0.3 is 15.0 Å². The molecule has 1 N–H and O–H groups in total. The molecule has 0 saturated heterocycles. The molecule has 0 aromatic heterocycles. The molecule has 5 nitrogen and oxygen atoms in total. The first-order chi connectivity index (χ1) is 17.6. The quantitative estimate of drug-likeness (QED) is 0.297. The summed E-state index contributed by atoms with van der Waals surface area (Å²) in [5.74, 6) is 0.646. The number of carbonyl (C=O) groups excluding carboxylic acids is 2. The van der Waals surface area contributed by atoms with Gasteiger partial charge in [-0.3, -0.25) is 9.59 Å². The number of aryl methyl sites for hydroxylation is 1. The van der Waals surface area contributed by atoms with Crippen LogP contribution in [0, 0.1) is 6.92 Å². The van der Waals surface area contributed by atoms with E-state index in [9.17, 15) is 9.59 Å². The van der Waals surface area contributed by atoms with Gasteiger partial charge in [0.2, 0.25) is 11.8 Å². The van der Waals surface area contributed by atoms with Gasteiger partial charge in [0.05, 0.1) is 6.61 Å². The molecule has 0 saturated carbocycles. The second-order valence-electron chi connectivity index (χ2n) is 9.13. The zero-order valence-electron chi connectivity index (χ0n) is 21.5. The molecule has 5 heteroatoms. The smallest absolute Gasteiger partial charge is 0.243 e. The van der Waals surface area contributed by atoms with Crippen LogP contribution < -0.4 is 10.1 Å². The van der Waals surface area contributed by atoms with Crippen molar-refractivity contribution in [2.45, 2.75) is 58.5 Å². The van der Waals surface area contributed by atoms with Gasteiger partial charge in [-0.2, -0.15) is 0 Å². The molecule has 0 aliphatic rings. The van der Waals surface area contributed by atoms with Crippen LogP contribution in [0.15, 0.2) is 84.9 Å². The highest BCUT2D eigenvalue weighted by Gasteiger charge is 2.30. The molecule has 0 heterocycles. The maximum atomic E-state index is 13.6. The summed E-state index contributed by atoms with van der Waals surface area (Å²) in [5, 5.41) is 3.07. The van der Waals surface area contributed by atoms with Gasteiger partial charge >= 0.3 is 0 Å². The Kier molecular flexibility index (Phi) is 11.0. The van der Waals surface area contributed by atoms with Gasteiger partial charge in [0.15, 0.2) is 0 Å². The minimum atomic E-state index is -0.590. The van der Waals surface area contributed by atoms with E-state index in [1.54, 1.807) is 4.90 Å². The molecule has 190 valence electrons. The van der Waals surface area contributed by atoms with Gasteiger partial charge in [-0.05, 0) is 43.0 Å². The Bertz CT molecular complexity index is 1070. The predicted octanol–water partition coefficient (Wildman–Crippen LogP) is 5.71. The van der Waals surface area contributed by atoms with E-state index in [0.29, 0.717) is 39.0 Å². The summed E-state index contributed by atoms with van der Waals surface area (Å²) in [6.07, 6.45) is 3.26. The molecule has 1 atom stereocenters. The number of hydrogen-bond donors (Lipinski definition) is 1. The first-order valence-electron chi connectivity index (χ1n) is 12.9. The van der Waals surface area contributed by atoms with Gasteiger partial charge in [-0.25, -0.2) is 0 Å². The molecule has 36 heavy (non-hydrogen) atoms. The standard InChI is InChI=1S/C31H38N2O3/c1-3-4-20-32-31(35)29(23-26-14-7-5-8-15-26)33(24-27-16-11-13-25(2)22-27)30(34)19-12-21-36-28-17-9-6-10-18-28/h5-11,13-18,22,29H,3-4,12,19-21,23-24H2,1-2H3,(H,32,35)/t29-/m1/s1. The summed E-state index contributed by atoms with van der Waals surface area (Å²) in [7, 11) is 0. The summed E-state index contributed by atoms with van der Waals surface area (Å²) in [4.78, 5) is 28.8. The van der Waals surface area contributed by atoms with Crippen molar-refractivity contribution in [3.8, 4) is 5.75 Å². The van der Waals surface area contributed by atoms with E-state index in [0.717, 1.165) is 35.3 Å². The highest BCUT2D eigenvalue weighted by atomic mass is 16.5. The fourth-order valence-electron chi connectivity index (χ4n) is 4.14. The van der Waals surface area contributed by atoms with Gasteiger partial charge in [-0.1, -0.05) is 91.7 Å². The van der Waals surface area contributed by atoms with Gasteiger partial charge in [0, 0.05) is 25.9 Å². The van der Waals surface area contributed by atoms with Crippen LogP contribution in [0.3, 0.4) is 0 Å². The number of amides is 2. The highest BCUT2D eigenvalue weighted by molar-refractivity contribution is 5.88. The van der Waals surface area contributed by atoms with Crippen molar-refractivity contribution in [2.75, 3.05) is 13.2 Å². The Labute approximate surface area is 215 Å². The Morgan fingerprint density at radius 2 is 1.58 bits per heavy atom. The van der Waals surface area contributed by atoms with Crippen molar-refractivity contribution in [1.82, 2.24) is 10.2 Å². The van der Waals surface area contributed by atoms with Crippen molar-refractivity contribution < 1.29 is 14.3 Å². The van der Waals surface area contributed by atoms with E-state index in [2.05, 4.69) is 18.3 Å². The molecule has 3 aromatic carbocycles. The minimum absolute atomic E-state index is 0.0419. The van der Waals surface area contributed by atoms with Crippen molar-refractivity contribution in [1.29, 1.82) is 0 Å². The third-order valence-electron chi connectivity index (χ3n) is 6.08. The minimum Gasteiger partial charge on any atom is -0.494 e. The second kappa shape index (κ2) is 14.7. The lowest BCUT2D eigenvalue weighted by Crippen LogP contribution is -2.50. The normalized spacial score (nSPS) is 11.5. The maximum Gasteiger partial charge on any atom is 0.243 e. The van der Waals surface area contributed by atoms with E-state index >= 15 is 0 Å². The summed E-state index contributed by atoms with van der Waals surface area (Å²) in [6, 6.07) is 27.1. The Balaban J connectivity index is 1.78. The molecule has 0 bridgehead atoms. The SMILES string of the molecule is CCCCNC(=O)[C@@H](Cc1ccccc1)N(Cc1cccc(C)c1)C(=O)CCCOc1ccccc1. The van der Waals surface area contributed by atoms with Crippen molar-refractivity contribution >= 4 is 11.8 Å². The summed E-state index contributed by atoms with van der Waals surface area (Å²) >= 11 is 0. The molecule has 2 amide bonds. The zero-order valence-corrected chi connectivity index (χ0v) is 21.5. The Hall–Kier alpha value is -3.60. The second-order valence-corrected chi connectivity index (χ2v) is 9.13. The molecule has 0 unspecified atom stereocenters. The summed E-state index contributed by atoms with van der Waals surface area (Å²) in [6.45, 7) is 5.57. The van der Waals surface area contributed by atoms with Crippen LogP contribution in [0.25, 0.3) is 0 Å². The fourth-order valence-corrected chi connectivity index (χ4v) is 4.14. The van der Waals surface area contributed by atoms with Gasteiger partial charge in [0.25, 0.3) is 0 Å². The third-order valence-corrected chi connectivity index (χ3v) is 6.08. The lowest BCUT2D eigenvalue weighted by Gasteiger charge is -2.32. The molecule has 3 aromatic rings. The maximum absolute atomic E-state index is 13.6. The van der Waals surface area contributed by atoms with E-state index in [-0.39, 0.29) is 11.8 Å². The van der Waals surface area contributed by atoms with Crippen molar-refractivity contribution in [3.05, 3.63) is 102 Å². The van der Waals surface area contributed by atoms with Crippen LogP contribution in [-0.2, 0) is 22.6 Å².